The van der Waals surface area contributed by atoms with E-state index < -0.39 is 0 Å². The van der Waals surface area contributed by atoms with E-state index in [0.29, 0.717) is 6.10 Å². The molecule has 0 heterocycles. The molecule has 0 spiro atoms. The molecular weight excluding hydrogens is 174 g/mol. The lowest BCUT2D eigenvalue weighted by atomic mass is 9.92. The zero-order valence-electron chi connectivity index (χ0n) is 9.96. The second-order valence-corrected chi connectivity index (χ2v) is 4.37. The molecule has 84 valence electrons. The lowest BCUT2D eigenvalue weighted by Crippen LogP contribution is -2.37. The van der Waals surface area contributed by atoms with Gasteiger partial charge in [0.2, 0.25) is 0 Å². The Morgan fingerprint density at radius 3 is 2.29 bits per heavy atom. The largest absolute Gasteiger partial charge is 0.379 e. The predicted octanol–water partition coefficient (Wildman–Crippen LogP) is 2.68. The van der Waals surface area contributed by atoms with Crippen LogP contribution in [-0.4, -0.2) is 37.2 Å². The molecule has 1 fully saturated rings. The molecule has 1 aliphatic rings. The highest BCUT2D eigenvalue weighted by Crippen LogP contribution is 2.24. The van der Waals surface area contributed by atoms with Gasteiger partial charge >= 0.3 is 0 Å². The second kappa shape index (κ2) is 6.41. The maximum Gasteiger partial charge on any atom is 0.0576 e. The first kappa shape index (κ1) is 12.0. The molecule has 0 atom stereocenters. The summed E-state index contributed by atoms with van der Waals surface area (Å²) in [6.07, 6.45) is 6.97. The van der Waals surface area contributed by atoms with E-state index in [1.54, 1.807) is 0 Å². The molecule has 1 rings (SSSR count). The zero-order valence-corrected chi connectivity index (χ0v) is 9.96. The normalized spacial score (nSPS) is 28.3. The molecule has 0 aromatic carbocycles. The third kappa shape index (κ3) is 3.58. The molecule has 2 heteroatoms. The summed E-state index contributed by atoms with van der Waals surface area (Å²) in [6, 6.07) is 0.812. The van der Waals surface area contributed by atoms with Gasteiger partial charge in [-0.15, -0.1) is 0 Å². The molecule has 0 unspecified atom stereocenters. The minimum atomic E-state index is 0.547. The Morgan fingerprint density at radius 2 is 1.79 bits per heavy atom. The molecule has 0 aromatic heterocycles. The van der Waals surface area contributed by atoms with E-state index in [1.165, 1.54) is 38.6 Å². The van der Waals surface area contributed by atoms with Gasteiger partial charge in [-0.25, -0.2) is 0 Å². The van der Waals surface area contributed by atoms with Crippen LogP contribution < -0.4 is 0 Å². The lowest BCUT2D eigenvalue weighted by molar-refractivity contribution is 0.0173. The summed E-state index contributed by atoms with van der Waals surface area (Å²) in [4.78, 5) is 2.52. The van der Waals surface area contributed by atoms with E-state index in [-0.39, 0.29) is 0 Å². The quantitative estimate of drug-likeness (QED) is 0.675. The van der Waals surface area contributed by atoms with Crippen molar-refractivity contribution in [3.63, 3.8) is 0 Å². The van der Waals surface area contributed by atoms with Gasteiger partial charge in [-0.1, -0.05) is 6.92 Å². The van der Waals surface area contributed by atoms with Gasteiger partial charge in [0, 0.05) is 12.6 Å². The van der Waals surface area contributed by atoms with Crippen molar-refractivity contribution >= 4 is 0 Å². The third-order valence-corrected chi connectivity index (χ3v) is 3.25. The summed E-state index contributed by atoms with van der Waals surface area (Å²) >= 11 is 0. The minimum absolute atomic E-state index is 0.547. The van der Waals surface area contributed by atoms with Crippen LogP contribution in [0.5, 0.6) is 0 Å². The Labute approximate surface area is 88.6 Å². The highest BCUT2D eigenvalue weighted by Gasteiger charge is 2.23. The van der Waals surface area contributed by atoms with Crippen molar-refractivity contribution in [3.05, 3.63) is 0 Å². The first-order chi connectivity index (χ1) is 6.77. The van der Waals surface area contributed by atoms with Crippen molar-refractivity contribution in [1.29, 1.82) is 0 Å². The van der Waals surface area contributed by atoms with E-state index in [0.717, 1.165) is 12.6 Å². The van der Waals surface area contributed by atoms with Crippen LogP contribution in [0.1, 0.15) is 46.0 Å². The maximum absolute atomic E-state index is 5.65. The van der Waals surface area contributed by atoms with Crippen molar-refractivity contribution in [2.75, 3.05) is 20.2 Å². The molecule has 0 radical (unpaired) electrons. The molecule has 0 saturated heterocycles. The van der Waals surface area contributed by atoms with Crippen molar-refractivity contribution in [1.82, 2.24) is 4.90 Å². The van der Waals surface area contributed by atoms with Gasteiger partial charge in [-0.2, -0.15) is 0 Å². The minimum Gasteiger partial charge on any atom is -0.379 e. The fourth-order valence-electron chi connectivity index (χ4n) is 2.42. The van der Waals surface area contributed by atoms with Crippen LogP contribution in [0.4, 0.5) is 0 Å². The van der Waals surface area contributed by atoms with E-state index >= 15 is 0 Å². The van der Waals surface area contributed by atoms with Crippen LogP contribution in [0, 0.1) is 0 Å². The molecule has 0 aromatic rings. The van der Waals surface area contributed by atoms with Crippen molar-refractivity contribution in [3.8, 4) is 0 Å². The maximum atomic E-state index is 5.65. The van der Waals surface area contributed by atoms with Crippen molar-refractivity contribution in [2.45, 2.75) is 58.1 Å². The van der Waals surface area contributed by atoms with Gasteiger partial charge in [0.05, 0.1) is 6.10 Å². The average Bonchev–Trinajstić information content (AvgIpc) is 2.20. The zero-order chi connectivity index (χ0) is 10.4. The van der Waals surface area contributed by atoms with Crippen LogP contribution in [0.25, 0.3) is 0 Å². The SMILES string of the molecule is CCCN(C)[C@H]1CC[C@@H](OCC)CC1. The molecule has 0 bridgehead atoms. The molecule has 0 amide bonds. The summed E-state index contributed by atoms with van der Waals surface area (Å²) in [6.45, 7) is 6.46. The first-order valence-electron chi connectivity index (χ1n) is 6.09. The number of hydrogen-bond acceptors (Lipinski definition) is 2. The van der Waals surface area contributed by atoms with E-state index in [1.807, 2.05) is 0 Å². The van der Waals surface area contributed by atoms with Gasteiger partial charge in [0.25, 0.3) is 0 Å². The lowest BCUT2D eigenvalue weighted by Gasteiger charge is -2.34. The van der Waals surface area contributed by atoms with Crippen LogP contribution in [0.2, 0.25) is 0 Å². The molecule has 1 saturated carbocycles. The Hall–Kier alpha value is -0.0800. The molecule has 0 aliphatic heterocycles. The average molecular weight is 199 g/mol. The topological polar surface area (TPSA) is 12.5 Å². The highest BCUT2D eigenvalue weighted by molar-refractivity contribution is 4.78. The number of ether oxygens (including phenoxy) is 1. The van der Waals surface area contributed by atoms with Gasteiger partial charge in [0.1, 0.15) is 0 Å². The fourth-order valence-corrected chi connectivity index (χ4v) is 2.42. The van der Waals surface area contributed by atoms with Crippen molar-refractivity contribution in [2.24, 2.45) is 0 Å². The van der Waals surface area contributed by atoms with E-state index in [2.05, 4.69) is 25.8 Å². The van der Waals surface area contributed by atoms with Crippen LogP contribution in [0.3, 0.4) is 0 Å². The van der Waals surface area contributed by atoms with Crippen molar-refractivity contribution < 1.29 is 4.74 Å². The molecule has 2 nitrogen and oxygen atoms in total. The smallest absolute Gasteiger partial charge is 0.0576 e. The van der Waals surface area contributed by atoms with Gasteiger partial charge in [0.15, 0.2) is 0 Å². The molecule has 14 heavy (non-hydrogen) atoms. The Kier molecular flexibility index (Phi) is 5.49. The van der Waals surface area contributed by atoms with Gasteiger partial charge in [-0.3, -0.25) is 0 Å². The molecule has 1 aliphatic carbocycles. The number of rotatable bonds is 5. The van der Waals surface area contributed by atoms with E-state index in [9.17, 15) is 0 Å². The Morgan fingerprint density at radius 1 is 1.14 bits per heavy atom. The standard InChI is InChI=1S/C12H25NO/c1-4-10-13(3)11-6-8-12(9-7-11)14-5-2/h11-12H,4-10H2,1-3H3/t11-,12+. The van der Waals surface area contributed by atoms with Gasteiger partial charge < -0.3 is 9.64 Å². The fraction of sp³-hybridized carbons (Fsp3) is 1.00. The Balaban J connectivity index is 2.21. The number of nitrogens with zero attached hydrogens (tertiary/aromatic N) is 1. The molecule has 0 N–H and O–H groups in total. The summed E-state index contributed by atoms with van der Waals surface area (Å²) < 4.78 is 5.65. The van der Waals surface area contributed by atoms with E-state index in [4.69, 9.17) is 4.74 Å². The summed E-state index contributed by atoms with van der Waals surface area (Å²) in [5.41, 5.74) is 0. The highest BCUT2D eigenvalue weighted by atomic mass is 16.5. The predicted molar refractivity (Wildman–Crippen MR) is 60.6 cm³/mol. The summed E-state index contributed by atoms with van der Waals surface area (Å²) in [5.74, 6) is 0. The summed E-state index contributed by atoms with van der Waals surface area (Å²) in [5, 5.41) is 0. The Bertz CT molecular complexity index is 141. The number of hydrogen-bond donors (Lipinski definition) is 0. The second-order valence-electron chi connectivity index (χ2n) is 4.37. The third-order valence-electron chi connectivity index (χ3n) is 3.25. The monoisotopic (exact) mass is 199 g/mol. The van der Waals surface area contributed by atoms with Crippen LogP contribution in [0.15, 0.2) is 0 Å². The molecular formula is C12H25NO. The first-order valence-corrected chi connectivity index (χ1v) is 6.09. The van der Waals surface area contributed by atoms with Gasteiger partial charge in [-0.05, 0) is 52.6 Å². The summed E-state index contributed by atoms with van der Waals surface area (Å²) in [7, 11) is 2.26. The van der Waals surface area contributed by atoms with Crippen LogP contribution >= 0.6 is 0 Å². The van der Waals surface area contributed by atoms with Crippen LogP contribution in [-0.2, 0) is 4.74 Å².